The molecule has 1 unspecified atom stereocenters. The van der Waals surface area contributed by atoms with Crippen molar-refractivity contribution in [2.45, 2.75) is 39.8 Å². The van der Waals surface area contributed by atoms with Crippen LogP contribution in [0.5, 0.6) is 0 Å². The molecule has 9 nitrogen and oxygen atoms in total. The highest BCUT2D eigenvalue weighted by atomic mass is 16.2. The lowest BCUT2D eigenvalue weighted by molar-refractivity contribution is 0.262. The molecule has 3 aromatic heterocycles. The van der Waals surface area contributed by atoms with Crippen molar-refractivity contribution in [2.24, 2.45) is 0 Å². The van der Waals surface area contributed by atoms with E-state index in [0.717, 1.165) is 17.7 Å². The highest BCUT2D eigenvalue weighted by Gasteiger charge is 2.12. The summed E-state index contributed by atoms with van der Waals surface area (Å²) in [6, 6.07) is 14.5. The van der Waals surface area contributed by atoms with E-state index in [2.05, 4.69) is 34.7 Å². The third-order valence-corrected chi connectivity index (χ3v) is 5.18. The van der Waals surface area contributed by atoms with Crippen LogP contribution < -0.4 is 16.3 Å². The van der Waals surface area contributed by atoms with Gasteiger partial charge < -0.3 is 5.32 Å². The molecule has 2 amide bonds. The lowest BCUT2D eigenvalue weighted by Crippen LogP contribution is -2.22. The van der Waals surface area contributed by atoms with Gasteiger partial charge in [0.1, 0.15) is 0 Å². The summed E-state index contributed by atoms with van der Waals surface area (Å²) in [5, 5.41) is 14.4. The topological polar surface area (TPSA) is 98.2 Å². The van der Waals surface area contributed by atoms with Crippen LogP contribution in [0.3, 0.4) is 0 Å². The number of carbonyl (C=O) groups is 1. The van der Waals surface area contributed by atoms with E-state index >= 15 is 0 Å². The van der Waals surface area contributed by atoms with Crippen LogP contribution in [-0.2, 0) is 6.54 Å². The van der Waals surface area contributed by atoms with E-state index in [9.17, 15) is 9.59 Å². The van der Waals surface area contributed by atoms with Crippen molar-refractivity contribution in [1.82, 2.24) is 24.0 Å². The van der Waals surface area contributed by atoms with Gasteiger partial charge in [-0.25, -0.2) is 14.3 Å². The Hall–Kier alpha value is -3.88. The zero-order valence-electron chi connectivity index (χ0n) is 17.7. The quantitative estimate of drug-likeness (QED) is 0.498. The summed E-state index contributed by atoms with van der Waals surface area (Å²) < 4.78 is 4.80. The summed E-state index contributed by atoms with van der Waals surface area (Å²) in [6.45, 7) is 6.45. The number of pyridine rings is 1. The number of carbonyl (C=O) groups excluding carboxylic acids is 1. The number of anilines is 2. The van der Waals surface area contributed by atoms with Crippen molar-refractivity contribution in [3.8, 4) is 0 Å². The smallest absolute Gasteiger partial charge is 0.308 e. The normalized spacial score (nSPS) is 12.1. The zero-order valence-corrected chi connectivity index (χ0v) is 17.7. The first-order valence-electron chi connectivity index (χ1n) is 10.2. The maximum Gasteiger partial charge on any atom is 0.350 e. The minimum absolute atomic E-state index is 0.209. The van der Waals surface area contributed by atoms with Crippen molar-refractivity contribution in [2.75, 3.05) is 10.6 Å². The molecular formula is C22H25N7O2. The Balaban J connectivity index is 1.45. The maximum atomic E-state index is 12.5. The minimum Gasteiger partial charge on any atom is -0.308 e. The van der Waals surface area contributed by atoms with E-state index in [0.29, 0.717) is 23.7 Å². The average Bonchev–Trinajstić information content (AvgIpc) is 3.27. The van der Waals surface area contributed by atoms with Crippen LogP contribution in [0.25, 0.3) is 5.65 Å². The fourth-order valence-corrected chi connectivity index (χ4v) is 3.44. The van der Waals surface area contributed by atoms with Crippen LogP contribution in [0.2, 0.25) is 0 Å². The van der Waals surface area contributed by atoms with E-state index in [1.807, 2.05) is 41.9 Å². The Morgan fingerprint density at radius 3 is 2.71 bits per heavy atom. The molecule has 0 aliphatic rings. The maximum absolute atomic E-state index is 12.5. The summed E-state index contributed by atoms with van der Waals surface area (Å²) >= 11 is 0. The Morgan fingerprint density at radius 2 is 1.94 bits per heavy atom. The van der Waals surface area contributed by atoms with Crippen LogP contribution in [0.1, 0.15) is 37.6 Å². The van der Waals surface area contributed by atoms with Gasteiger partial charge in [0.15, 0.2) is 11.5 Å². The predicted molar refractivity (Wildman–Crippen MR) is 120 cm³/mol. The van der Waals surface area contributed by atoms with Gasteiger partial charge in [0.2, 0.25) is 0 Å². The number of hydrogen-bond donors (Lipinski definition) is 2. The van der Waals surface area contributed by atoms with Gasteiger partial charge in [-0.05, 0) is 50.1 Å². The molecule has 4 aromatic rings. The van der Waals surface area contributed by atoms with Crippen LogP contribution in [-0.4, -0.2) is 30.0 Å². The summed E-state index contributed by atoms with van der Waals surface area (Å²) in [5.74, 6) is 0.503. The second kappa shape index (κ2) is 8.47. The van der Waals surface area contributed by atoms with Crippen molar-refractivity contribution in [3.05, 3.63) is 76.5 Å². The number of nitrogens with one attached hydrogen (secondary N) is 2. The van der Waals surface area contributed by atoms with Crippen LogP contribution in [0, 0.1) is 6.92 Å². The standard InChI is InChI=1S/C22H25N7O2/c1-4-15(2)29-16(3)12-19(25-29)24-21(30)23-18-9-7-8-17(13-18)14-28-22(31)27-11-6-5-10-20(27)26-28/h5-13,15H,4,14H2,1-3H3,(H2,23,24,25,30). The minimum atomic E-state index is -0.379. The number of fused-ring (bicyclic) bond motifs is 1. The molecule has 0 saturated carbocycles. The number of amides is 2. The first-order chi connectivity index (χ1) is 14.9. The number of hydrogen-bond acceptors (Lipinski definition) is 4. The van der Waals surface area contributed by atoms with E-state index < -0.39 is 0 Å². The Labute approximate surface area is 179 Å². The van der Waals surface area contributed by atoms with E-state index in [-0.39, 0.29) is 17.8 Å². The summed E-state index contributed by atoms with van der Waals surface area (Å²) in [5.41, 5.74) is 2.84. The molecule has 0 aliphatic carbocycles. The number of benzene rings is 1. The van der Waals surface area contributed by atoms with Crippen molar-refractivity contribution < 1.29 is 4.79 Å². The summed E-state index contributed by atoms with van der Waals surface area (Å²) in [6.07, 6.45) is 2.64. The average molecular weight is 419 g/mol. The molecule has 9 heteroatoms. The van der Waals surface area contributed by atoms with Crippen molar-refractivity contribution >= 4 is 23.2 Å². The number of nitrogens with zero attached hydrogens (tertiary/aromatic N) is 5. The number of aromatic nitrogens is 5. The molecule has 2 N–H and O–H groups in total. The molecule has 0 spiro atoms. The van der Waals surface area contributed by atoms with Gasteiger partial charge in [0, 0.05) is 29.7 Å². The fraction of sp³-hybridized carbons (Fsp3) is 0.273. The van der Waals surface area contributed by atoms with E-state index in [1.54, 1.807) is 24.4 Å². The predicted octanol–water partition coefficient (Wildman–Crippen LogP) is 3.66. The van der Waals surface area contributed by atoms with Gasteiger partial charge in [-0.3, -0.25) is 14.4 Å². The fourth-order valence-electron chi connectivity index (χ4n) is 3.44. The number of rotatable bonds is 6. The molecule has 31 heavy (non-hydrogen) atoms. The highest BCUT2D eigenvalue weighted by Crippen LogP contribution is 2.17. The number of aryl methyl sites for hydroxylation is 1. The molecule has 0 bridgehead atoms. The SMILES string of the molecule is CCC(C)n1nc(NC(=O)Nc2cccc(Cn3nc4ccccn4c3=O)c2)cc1C. The molecule has 0 radical (unpaired) electrons. The molecule has 1 atom stereocenters. The van der Waals surface area contributed by atoms with Crippen molar-refractivity contribution in [3.63, 3.8) is 0 Å². The molecule has 1 aromatic carbocycles. The Bertz CT molecular complexity index is 1280. The lowest BCUT2D eigenvalue weighted by Gasteiger charge is -2.11. The first kappa shape index (κ1) is 20.4. The largest absolute Gasteiger partial charge is 0.350 e. The van der Waals surface area contributed by atoms with Crippen LogP contribution >= 0.6 is 0 Å². The van der Waals surface area contributed by atoms with Gasteiger partial charge in [-0.2, -0.15) is 5.10 Å². The number of urea groups is 1. The van der Waals surface area contributed by atoms with Crippen molar-refractivity contribution in [1.29, 1.82) is 0 Å². The van der Waals surface area contributed by atoms with Gasteiger partial charge >= 0.3 is 11.7 Å². The molecular weight excluding hydrogens is 394 g/mol. The molecule has 160 valence electrons. The Morgan fingerprint density at radius 1 is 1.10 bits per heavy atom. The third-order valence-electron chi connectivity index (χ3n) is 5.18. The van der Waals surface area contributed by atoms with E-state index in [1.165, 1.54) is 9.08 Å². The zero-order chi connectivity index (χ0) is 22.0. The Kier molecular flexibility index (Phi) is 5.57. The second-order valence-electron chi connectivity index (χ2n) is 7.52. The molecule has 0 fully saturated rings. The van der Waals surface area contributed by atoms with E-state index in [4.69, 9.17) is 0 Å². The van der Waals surface area contributed by atoms with Crippen LogP contribution in [0.15, 0.2) is 59.5 Å². The van der Waals surface area contributed by atoms with Gasteiger partial charge in [-0.1, -0.05) is 25.1 Å². The summed E-state index contributed by atoms with van der Waals surface area (Å²) in [7, 11) is 0. The van der Waals surface area contributed by atoms with Gasteiger partial charge in [-0.15, -0.1) is 5.10 Å². The highest BCUT2D eigenvalue weighted by molar-refractivity contribution is 5.99. The molecule has 0 aliphatic heterocycles. The monoisotopic (exact) mass is 419 g/mol. The first-order valence-corrected chi connectivity index (χ1v) is 10.2. The molecule has 0 saturated heterocycles. The summed E-state index contributed by atoms with van der Waals surface area (Å²) in [4.78, 5) is 24.9. The molecule has 3 heterocycles. The van der Waals surface area contributed by atoms with Crippen LogP contribution in [0.4, 0.5) is 16.3 Å². The lowest BCUT2D eigenvalue weighted by atomic mass is 10.2. The second-order valence-corrected chi connectivity index (χ2v) is 7.52. The third kappa shape index (κ3) is 4.35. The van der Waals surface area contributed by atoms with Gasteiger partial charge in [0.25, 0.3) is 0 Å². The van der Waals surface area contributed by atoms with Gasteiger partial charge in [0.05, 0.1) is 6.54 Å². The molecule has 4 rings (SSSR count).